The van der Waals surface area contributed by atoms with Gasteiger partial charge in [-0.15, -0.1) is 0 Å². The number of carbonyl (C=O) groups is 1. The molecule has 0 aliphatic heterocycles. The first-order chi connectivity index (χ1) is 4.77. The predicted octanol–water partition coefficient (Wildman–Crippen LogP) is 0.861. The molecular formula is C6H12N2OS. The van der Waals surface area contributed by atoms with Crippen LogP contribution in [0.25, 0.3) is 0 Å². The Balaban J connectivity index is 3.12. The molecule has 0 rings (SSSR count). The zero-order chi connectivity index (χ0) is 7.82. The van der Waals surface area contributed by atoms with Crippen LogP contribution in [-0.4, -0.2) is 24.1 Å². The van der Waals surface area contributed by atoms with Gasteiger partial charge in [-0.05, 0) is 18.4 Å². The highest BCUT2D eigenvalue weighted by Gasteiger charge is 1.82. The maximum Gasteiger partial charge on any atom is 0.236 e. The summed E-state index contributed by atoms with van der Waals surface area (Å²) in [6, 6.07) is 0. The minimum Gasteiger partial charge on any atom is -0.274 e. The van der Waals surface area contributed by atoms with E-state index < -0.39 is 0 Å². The Morgan fingerprint density at radius 3 is 3.00 bits per heavy atom. The Morgan fingerprint density at radius 2 is 2.50 bits per heavy atom. The van der Waals surface area contributed by atoms with Crippen molar-refractivity contribution in [2.45, 2.75) is 13.3 Å². The van der Waals surface area contributed by atoms with Crippen LogP contribution < -0.4 is 5.43 Å². The molecule has 0 saturated carbocycles. The molecule has 0 aliphatic carbocycles. The van der Waals surface area contributed by atoms with Crippen molar-refractivity contribution in [1.82, 2.24) is 5.43 Å². The summed E-state index contributed by atoms with van der Waals surface area (Å²) in [6.07, 6.45) is 4.64. The van der Waals surface area contributed by atoms with Crippen LogP contribution in [0, 0.1) is 0 Å². The molecule has 0 bridgehead atoms. The maximum atomic E-state index is 10.2. The molecule has 0 unspecified atom stereocenters. The van der Waals surface area contributed by atoms with Crippen molar-refractivity contribution in [2.75, 3.05) is 12.0 Å². The molecule has 0 aliphatic rings. The van der Waals surface area contributed by atoms with Crippen molar-refractivity contribution in [2.24, 2.45) is 5.10 Å². The summed E-state index contributed by atoms with van der Waals surface area (Å²) in [6.45, 7) is 1.44. The highest BCUT2D eigenvalue weighted by molar-refractivity contribution is 7.98. The van der Waals surface area contributed by atoms with Gasteiger partial charge in [0.25, 0.3) is 0 Å². The van der Waals surface area contributed by atoms with E-state index in [9.17, 15) is 4.79 Å². The highest BCUT2D eigenvalue weighted by atomic mass is 32.2. The second-order valence-electron chi connectivity index (χ2n) is 1.76. The first-order valence-corrected chi connectivity index (χ1v) is 4.43. The van der Waals surface area contributed by atoms with Crippen molar-refractivity contribution in [1.29, 1.82) is 0 Å². The summed E-state index contributed by atoms with van der Waals surface area (Å²) in [4.78, 5) is 10.2. The smallest absolute Gasteiger partial charge is 0.236 e. The lowest BCUT2D eigenvalue weighted by molar-refractivity contribution is -0.118. The monoisotopic (exact) mass is 160 g/mol. The van der Waals surface area contributed by atoms with E-state index in [-0.39, 0.29) is 5.91 Å². The molecular weight excluding hydrogens is 148 g/mol. The Hall–Kier alpha value is -0.510. The number of nitrogens with zero attached hydrogens (tertiary/aromatic N) is 1. The number of amides is 1. The van der Waals surface area contributed by atoms with Gasteiger partial charge >= 0.3 is 0 Å². The van der Waals surface area contributed by atoms with Crippen LogP contribution in [0.4, 0.5) is 0 Å². The molecule has 3 nitrogen and oxygen atoms in total. The molecule has 0 spiro atoms. The lowest BCUT2D eigenvalue weighted by Crippen LogP contribution is -2.12. The normalized spacial score (nSPS) is 10.2. The van der Waals surface area contributed by atoms with Crippen molar-refractivity contribution >= 4 is 23.9 Å². The SMILES string of the molecule is CSCC/C=N/NC(C)=O. The Labute approximate surface area is 65.3 Å². The summed E-state index contributed by atoms with van der Waals surface area (Å²) in [5.41, 5.74) is 2.33. The molecule has 0 radical (unpaired) electrons. The van der Waals surface area contributed by atoms with Crippen LogP contribution in [0.15, 0.2) is 5.10 Å². The van der Waals surface area contributed by atoms with Crippen LogP contribution in [0.1, 0.15) is 13.3 Å². The molecule has 0 aromatic carbocycles. The standard InChI is InChI=1S/C6H12N2OS/c1-6(9)8-7-4-3-5-10-2/h4H,3,5H2,1-2H3,(H,8,9)/b7-4+. The topological polar surface area (TPSA) is 41.5 Å². The van der Waals surface area contributed by atoms with Gasteiger partial charge in [0, 0.05) is 13.1 Å². The highest BCUT2D eigenvalue weighted by Crippen LogP contribution is 1.91. The van der Waals surface area contributed by atoms with Gasteiger partial charge in [0.15, 0.2) is 0 Å². The van der Waals surface area contributed by atoms with Crippen LogP contribution in [0.5, 0.6) is 0 Å². The van der Waals surface area contributed by atoms with E-state index in [0.717, 1.165) is 12.2 Å². The third-order valence-corrected chi connectivity index (χ3v) is 1.41. The van der Waals surface area contributed by atoms with Gasteiger partial charge in [0.05, 0.1) is 0 Å². The number of carbonyl (C=O) groups excluding carboxylic acids is 1. The minimum absolute atomic E-state index is 0.125. The maximum absolute atomic E-state index is 10.2. The Morgan fingerprint density at radius 1 is 1.80 bits per heavy atom. The molecule has 58 valence electrons. The van der Waals surface area contributed by atoms with E-state index in [1.807, 2.05) is 6.26 Å². The fraction of sp³-hybridized carbons (Fsp3) is 0.667. The van der Waals surface area contributed by atoms with Crippen molar-refractivity contribution < 1.29 is 4.79 Å². The van der Waals surface area contributed by atoms with Crippen LogP contribution in [0.2, 0.25) is 0 Å². The summed E-state index contributed by atoms with van der Waals surface area (Å²) in [5, 5.41) is 3.67. The van der Waals surface area contributed by atoms with Crippen LogP contribution in [-0.2, 0) is 4.79 Å². The van der Waals surface area contributed by atoms with Crippen molar-refractivity contribution in [3.63, 3.8) is 0 Å². The lowest BCUT2D eigenvalue weighted by atomic mass is 10.5. The summed E-state index contributed by atoms with van der Waals surface area (Å²) < 4.78 is 0. The van der Waals surface area contributed by atoms with Gasteiger partial charge in [-0.2, -0.15) is 16.9 Å². The molecule has 0 fully saturated rings. The molecule has 1 N–H and O–H groups in total. The number of rotatable bonds is 4. The van der Waals surface area contributed by atoms with E-state index in [4.69, 9.17) is 0 Å². The van der Waals surface area contributed by atoms with Gasteiger partial charge in [0.1, 0.15) is 0 Å². The summed E-state index contributed by atoms with van der Waals surface area (Å²) in [5.74, 6) is 0.920. The van der Waals surface area contributed by atoms with Crippen LogP contribution >= 0.6 is 11.8 Å². The Bertz CT molecular complexity index is 125. The van der Waals surface area contributed by atoms with Gasteiger partial charge < -0.3 is 0 Å². The predicted molar refractivity (Wildman–Crippen MR) is 45.3 cm³/mol. The van der Waals surface area contributed by atoms with Crippen molar-refractivity contribution in [3.8, 4) is 0 Å². The zero-order valence-corrected chi connectivity index (χ0v) is 7.07. The average Bonchev–Trinajstić information content (AvgIpc) is 1.87. The van der Waals surface area contributed by atoms with E-state index >= 15 is 0 Å². The van der Waals surface area contributed by atoms with Gasteiger partial charge in [-0.3, -0.25) is 4.79 Å². The fourth-order valence-corrected chi connectivity index (χ4v) is 0.713. The fourth-order valence-electron chi connectivity index (χ4n) is 0.372. The molecule has 0 heterocycles. The molecule has 4 heteroatoms. The first-order valence-electron chi connectivity index (χ1n) is 3.04. The summed E-state index contributed by atoms with van der Waals surface area (Å²) in [7, 11) is 0. The van der Waals surface area contributed by atoms with Gasteiger partial charge in [-0.1, -0.05) is 0 Å². The molecule has 1 amide bonds. The number of hydrazone groups is 1. The lowest BCUT2D eigenvalue weighted by Gasteiger charge is -1.90. The quantitative estimate of drug-likeness (QED) is 0.376. The molecule has 0 saturated heterocycles. The summed E-state index contributed by atoms with van der Waals surface area (Å²) >= 11 is 1.76. The molecule has 0 atom stereocenters. The molecule has 0 aromatic rings. The Kier molecular flexibility index (Phi) is 6.27. The number of hydrogen-bond acceptors (Lipinski definition) is 3. The van der Waals surface area contributed by atoms with Gasteiger partial charge in [-0.25, -0.2) is 5.43 Å². The number of hydrogen-bond donors (Lipinski definition) is 1. The number of thioether (sulfide) groups is 1. The third-order valence-electron chi connectivity index (χ3n) is 0.764. The third kappa shape index (κ3) is 7.49. The zero-order valence-electron chi connectivity index (χ0n) is 6.26. The van der Waals surface area contributed by atoms with E-state index in [0.29, 0.717) is 0 Å². The molecule has 10 heavy (non-hydrogen) atoms. The first kappa shape index (κ1) is 9.49. The van der Waals surface area contributed by atoms with E-state index in [1.165, 1.54) is 6.92 Å². The molecule has 0 aromatic heterocycles. The second kappa shape index (κ2) is 6.61. The second-order valence-corrected chi connectivity index (χ2v) is 2.75. The minimum atomic E-state index is -0.125. The van der Waals surface area contributed by atoms with Crippen LogP contribution in [0.3, 0.4) is 0 Å². The number of nitrogens with one attached hydrogen (secondary N) is 1. The van der Waals surface area contributed by atoms with Crippen molar-refractivity contribution in [3.05, 3.63) is 0 Å². The van der Waals surface area contributed by atoms with Gasteiger partial charge in [0.2, 0.25) is 5.91 Å². The largest absolute Gasteiger partial charge is 0.274 e. The average molecular weight is 160 g/mol. The van der Waals surface area contributed by atoms with E-state index in [2.05, 4.69) is 10.5 Å². The van der Waals surface area contributed by atoms with E-state index in [1.54, 1.807) is 18.0 Å².